The number of ether oxygens (including phenoxy) is 2. The summed E-state index contributed by atoms with van der Waals surface area (Å²) in [7, 11) is 0. The molecule has 0 bridgehead atoms. The van der Waals surface area contributed by atoms with E-state index >= 15 is 0 Å². The number of benzene rings is 1. The minimum atomic E-state index is -1.00. The molecule has 2 aromatic heterocycles. The fourth-order valence-corrected chi connectivity index (χ4v) is 5.30. The van der Waals surface area contributed by atoms with Gasteiger partial charge in [0.25, 0.3) is 0 Å². The first kappa shape index (κ1) is 21.1. The Morgan fingerprint density at radius 2 is 2.06 bits per heavy atom. The maximum Gasteiger partial charge on any atom is 0.404 e. The summed E-state index contributed by atoms with van der Waals surface area (Å²) in [5.74, 6) is 2.06. The van der Waals surface area contributed by atoms with E-state index in [9.17, 15) is 9.90 Å². The highest BCUT2D eigenvalue weighted by Gasteiger charge is 2.32. The summed E-state index contributed by atoms with van der Waals surface area (Å²) < 4.78 is 14.2. The van der Waals surface area contributed by atoms with Crippen LogP contribution in [0.2, 0.25) is 0 Å². The average molecular weight is 521 g/mol. The highest BCUT2D eigenvalue weighted by Crippen LogP contribution is 2.42. The van der Waals surface area contributed by atoms with Crippen LogP contribution in [0.3, 0.4) is 0 Å². The van der Waals surface area contributed by atoms with Gasteiger partial charge in [-0.1, -0.05) is 11.8 Å². The normalized spacial score (nSPS) is 16.2. The Hall–Kier alpha value is -2.73. The number of nitrogen functional groups attached to an aromatic ring is 1. The van der Waals surface area contributed by atoms with Crippen LogP contribution in [0.1, 0.15) is 19.3 Å². The fourth-order valence-electron chi connectivity index (χ4n) is 3.79. The maximum absolute atomic E-state index is 11.2. The average Bonchev–Trinajstić information content (AvgIpc) is 3.54. The number of aryl methyl sites for hydroxylation is 1. The number of imidazole rings is 1. The lowest BCUT2D eigenvalue weighted by Gasteiger charge is -2.20. The smallest absolute Gasteiger partial charge is 0.404 e. The van der Waals surface area contributed by atoms with E-state index in [1.807, 2.05) is 16.7 Å². The number of nitrogens with zero attached hydrogens (tertiary/aromatic N) is 4. The van der Waals surface area contributed by atoms with Crippen molar-refractivity contribution < 1.29 is 19.4 Å². The number of halogens is 1. The molecule has 5 rings (SSSR count). The van der Waals surface area contributed by atoms with E-state index in [1.165, 1.54) is 18.1 Å². The van der Waals surface area contributed by atoms with Crippen molar-refractivity contribution in [1.82, 2.24) is 24.8 Å². The van der Waals surface area contributed by atoms with Gasteiger partial charge in [-0.15, -0.1) is 0 Å². The van der Waals surface area contributed by atoms with Gasteiger partial charge in [-0.3, -0.25) is 0 Å². The quantitative estimate of drug-likeness (QED) is 0.426. The van der Waals surface area contributed by atoms with Gasteiger partial charge in [0.2, 0.25) is 0 Å². The van der Waals surface area contributed by atoms with E-state index in [1.54, 1.807) is 0 Å². The summed E-state index contributed by atoms with van der Waals surface area (Å²) in [5, 5.41) is 12.6. The van der Waals surface area contributed by atoms with Crippen LogP contribution in [0.25, 0.3) is 11.2 Å². The Morgan fingerprint density at radius 3 is 2.78 bits per heavy atom. The molecule has 1 unspecified atom stereocenters. The van der Waals surface area contributed by atoms with Gasteiger partial charge in [0.1, 0.15) is 19.5 Å². The number of carboxylic acid groups (broad SMARTS) is 1. The zero-order chi connectivity index (χ0) is 22.2. The molecule has 2 aliphatic rings. The Balaban J connectivity index is 1.47. The molecule has 4 N–H and O–H groups in total. The number of nitrogens with one attached hydrogen (secondary N) is 1. The third-order valence-electron chi connectivity index (χ3n) is 5.49. The number of carbonyl (C=O) groups is 1. The molecule has 1 fully saturated rings. The Kier molecular flexibility index (Phi) is 5.72. The second-order valence-corrected chi connectivity index (χ2v) is 9.55. The molecule has 3 aromatic rings. The third-order valence-corrected chi connectivity index (χ3v) is 7.46. The fraction of sp³-hybridized carbons (Fsp3) is 0.400. The lowest BCUT2D eigenvalue weighted by Crippen LogP contribution is -2.36. The third kappa shape index (κ3) is 4.29. The standard InChI is InChI=1S/C20H21BrN6O4S/c21-11-7-13-14(31-6-5-30-13)8-15(11)32-19-26-16-17(22)23-9-24-18(16)27(19)4-3-12(10-1-2-10)25-20(28)29/h7-10,12,25H,1-6H2,(H,28,29)(H2,22,23,24). The Labute approximate surface area is 196 Å². The highest BCUT2D eigenvalue weighted by molar-refractivity contribution is 9.10. The van der Waals surface area contributed by atoms with Crippen LogP contribution in [0.5, 0.6) is 11.5 Å². The molecular formula is C20H21BrN6O4S. The summed E-state index contributed by atoms with van der Waals surface area (Å²) in [4.78, 5) is 25.3. The summed E-state index contributed by atoms with van der Waals surface area (Å²) in [6.07, 6.45) is 3.12. The second kappa shape index (κ2) is 8.66. The van der Waals surface area contributed by atoms with Crippen molar-refractivity contribution in [3.63, 3.8) is 0 Å². The molecular weight excluding hydrogens is 500 g/mol. The van der Waals surface area contributed by atoms with Crippen molar-refractivity contribution in [2.45, 2.75) is 41.9 Å². The van der Waals surface area contributed by atoms with Gasteiger partial charge in [0.15, 0.2) is 33.6 Å². The van der Waals surface area contributed by atoms with Crippen molar-refractivity contribution in [1.29, 1.82) is 0 Å². The number of nitrogens with two attached hydrogens (primary N) is 1. The monoisotopic (exact) mass is 520 g/mol. The van der Waals surface area contributed by atoms with E-state index in [4.69, 9.17) is 20.2 Å². The predicted octanol–water partition coefficient (Wildman–Crippen LogP) is 3.53. The SMILES string of the molecule is Nc1ncnc2c1nc(Sc1cc3c(cc1Br)OCCO3)n2CCC(NC(=O)O)C1CC1. The van der Waals surface area contributed by atoms with Gasteiger partial charge < -0.3 is 30.2 Å². The number of hydrogen-bond acceptors (Lipinski definition) is 8. The van der Waals surface area contributed by atoms with Gasteiger partial charge in [-0.05, 0) is 53.2 Å². The number of hydrogen-bond donors (Lipinski definition) is 3. The van der Waals surface area contributed by atoms with Crippen molar-refractivity contribution in [3.05, 3.63) is 22.9 Å². The first-order valence-electron chi connectivity index (χ1n) is 10.2. The number of fused-ring (bicyclic) bond motifs is 2. The first-order chi connectivity index (χ1) is 15.5. The highest BCUT2D eigenvalue weighted by atomic mass is 79.9. The molecule has 12 heteroatoms. The topological polar surface area (TPSA) is 137 Å². The van der Waals surface area contributed by atoms with Gasteiger partial charge in [0.05, 0.1) is 0 Å². The Bertz CT molecular complexity index is 1180. The van der Waals surface area contributed by atoms with Crippen molar-refractivity contribution in [2.75, 3.05) is 18.9 Å². The van der Waals surface area contributed by atoms with E-state index in [2.05, 4.69) is 31.2 Å². The minimum Gasteiger partial charge on any atom is -0.486 e. The predicted molar refractivity (Wildman–Crippen MR) is 121 cm³/mol. The molecule has 1 aromatic carbocycles. The van der Waals surface area contributed by atoms with Crippen LogP contribution in [0.15, 0.2) is 33.0 Å². The van der Waals surface area contributed by atoms with Gasteiger partial charge >= 0.3 is 6.09 Å². The molecule has 1 amide bonds. The summed E-state index contributed by atoms with van der Waals surface area (Å²) >= 11 is 5.06. The largest absolute Gasteiger partial charge is 0.486 e. The van der Waals surface area contributed by atoms with E-state index in [0.29, 0.717) is 65.7 Å². The van der Waals surface area contributed by atoms with Crippen LogP contribution < -0.4 is 20.5 Å². The molecule has 0 radical (unpaired) electrons. The van der Waals surface area contributed by atoms with E-state index < -0.39 is 6.09 Å². The van der Waals surface area contributed by atoms with Crippen LogP contribution in [-0.4, -0.2) is 50.0 Å². The van der Waals surface area contributed by atoms with Crippen LogP contribution in [-0.2, 0) is 6.54 Å². The van der Waals surface area contributed by atoms with Crippen LogP contribution in [0.4, 0.5) is 10.6 Å². The van der Waals surface area contributed by atoms with Gasteiger partial charge in [-0.2, -0.15) is 0 Å². The molecule has 168 valence electrons. The lowest BCUT2D eigenvalue weighted by molar-refractivity contribution is 0.171. The number of amides is 1. The van der Waals surface area contributed by atoms with Gasteiger partial charge in [0, 0.05) is 22.0 Å². The number of anilines is 1. The zero-order valence-corrected chi connectivity index (χ0v) is 19.4. The maximum atomic E-state index is 11.2. The lowest BCUT2D eigenvalue weighted by atomic mass is 10.1. The first-order valence-corrected chi connectivity index (χ1v) is 11.8. The Morgan fingerprint density at radius 1 is 1.31 bits per heavy atom. The molecule has 1 saturated carbocycles. The molecule has 10 nitrogen and oxygen atoms in total. The molecule has 3 heterocycles. The summed E-state index contributed by atoms with van der Waals surface area (Å²) in [5.41, 5.74) is 7.21. The van der Waals surface area contributed by atoms with Crippen LogP contribution >= 0.6 is 27.7 Å². The summed E-state index contributed by atoms with van der Waals surface area (Å²) in [6, 6.07) is 3.70. The number of rotatable bonds is 7. The molecule has 0 saturated heterocycles. The molecule has 32 heavy (non-hydrogen) atoms. The molecule has 1 atom stereocenters. The molecule has 1 aliphatic heterocycles. The summed E-state index contributed by atoms with van der Waals surface area (Å²) in [6.45, 7) is 1.56. The molecule has 0 spiro atoms. The van der Waals surface area contributed by atoms with E-state index in [-0.39, 0.29) is 6.04 Å². The molecule has 1 aliphatic carbocycles. The van der Waals surface area contributed by atoms with Crippen LogP contribution in [0, 0.1) is 5.92 Å². The zero-order valence-electron chi connectivity index (χ0n) is 17.0. The van der Waals surface area contributed by atoms with E-state index in [0.717, 1.165) is 22.2 Å². The second-order valence-electron chi connectivity index (χ2n) is 7.69. The minimum absolute atomic E-state index is 0.108. The van der Waals surface area contributed by atoms with Crippen molar-refractivity contribution >= 4 is 50.8 Å². The number of aromatic nitrogens is 4. The van der Waals surface area contributed by atoms with Crippen molar-refractivity contribution in [3.8, 4) is 11.5 Å². The van der Waals surface area contributed by atoms with Gasteiger partial charge in [-0.25, -0.2) is 19.7 Å². The van der Waals surface area contributed by atoms with Crippen molar-refractivity contribution in [2.24, 2.45) is 5.92 Å².